The van der Waals surface area contributed by atoms with Crippen LogP contribution in [0, 0.1) is 6.92 Å². The summed E-state index contributed by atoms with van der Waals surface area (Å²) in [5, 5.41) is 0. The summed E-state index contributed by atoms with van der Waals surface area (Å²) < 4.78 is 61.2. The first-order valence-corrected chi connectivity index (χ1v) is 9.05. The lowest BCUT2D eigenvalue weighted by Crippen LogP contribution is -2.13. The number of ether oxygens (including phenoxy) is 4. The van der Waals surface area contributed by atoms with Gasteiger partial charge in [-0.25, -0.2) is 4.79 Å². The quantitative estimate of drug-likeness (QED) is 0.431. The van der Waals surface area contributed by atoms with E-state index >= 15 is 0 Å². The molecule has 0 spiro atoms. The molecule has 0 atom stereocenters. The lowest BCUT2D eigenvalue weighted by molar-refractivity contribution is -0.139. The second-order valence-corrected chi connectivity index (χ2v) is 6.14. The van der Waals surface area contributed by atoms with E-state index in [0.717, 1.165) is 13.2 Å². The topological polar surface area (TPSA) is 54.0 Å². The van der Waals surface area contributed by atoms with Crippen LogP contribution in [0.1, 0.15) is 36.1 Å². The highest BCUT2D eigenvalue weighted by molar-refractivity contribution is 5.65. The van der Waals surface area contributed by atoms with E-state index in [2.05, 4.69) is 4.74 Å². The fraction of sp³-hybridized carbons (Fsp3) is 0.381. The molecule has 29 heavy (non-hydrogen) atoms. The average molecular weight is 412 g/mol. The number of methoxy groups -OCH3 is 1. The number of halogens is 3. The standard InChI is InChI=1S/C21H23F3O5/c1-5-14-11-16(21(22,23)24)19(10-13(14)3)28-12-15-17(27-6-2)8-7-9-18(15)29-20(25)26-4/h7-11H,5-6,12H2,1-4H3. The molecule has 2 rings (SSSR count). The Hall–Kier alpha value is -2.90. The molecule has 5 nitrogen and oxygen atoms in total. The molecule has 0 heterocycles. The number of carbonyl (C=O) groups excluding carboxylic acids is 1. The van der Waals surface area contributed by atoms with E-state index in [1.54, 1.807) is 32.9 Å². The second kappa shape index (κ2) is 9.54. The first-order valence-electron chi connectivity index (χ1n) is 9.05. The van der Waals surface area contributed by atoms with Gasteiger partial charge < -0.3 is 18.9 Å². The van der Waals surface area contributed by atoms with Gasteiger partial charge >= 0.3 is 12.3 Å². The number of benzene rings is 2. The molecule has 0 aliphatic rings. The van der Waals surface area contributed by atoms with E-state index in [9.17, 15) is 18.0 Å². The molecule has 0 aromatic heterocycles. The van der Waals surface area contributed by atoms with Gasteiger partial charge in [0, 0.05) is 0 Å². The zero-order valence-corrected chi connectivity index (χ0v) is 16.7. The number of aryl methyl sites for hydroxylation is 2. The molecule has 0 radical (unpaired) electrons. The number of alkyl halides is 3. The molecule has 0 aliphatic carbocycles. The third-order valence-electron chi connectivity index (χ3n) is 4.25. The Balaban J connectivity index is 2.42. The molecule has 158 valence electrons. The van der Waals surface area contributed by atoms with Crippen LogP contribution in [0.3, 0.4) is 0 Å². The number of hydrogen-bond acceptors (Lipinski definition) is 5. The van der Waals surface area contributed by atoms with Crippen LogP contribution in [0.2, 0.25) is 0 Å². The second-order valence-electron chi connectivity index (χ2n) is 6.14. The lowest BCUT2D eigenvalue weighted by atomic mass is 10.0. The minimum atomic E-state index is -4.57. The maximum atomic E-state index is 13.5. The van der Waals surface area contributed by atoms with Gasteiger partial charge in [-0.05, 0) is 55.7 Å². The summed E-state index contributed by atoms with van der Waals surface area (Å²) in [5.41, 5.74) is 0.725. The van der Waals surface area contributed by atoms with Gasteiger partial charge in [0.15, 0.2) is 0 Å². The molecule has 0 bridgehead atoms. The fourth-order valence-electron chi connectivity index (χ4n) is 2.80. The molecule has 0 aliphatic heterocycles. The van der Waals surface area contributed by atoms with Crippen LogP contribution in [0.5, 0.6) is 17.2 Å². The molecule has 8 heteroatoms. The van der Waals surface area contributed by atoms with Gasteiger partial charge in [0.05, 0.1) is 24.8 Å². The van der Waals surface area contributed by atoms with Gasteiger partial charge in [-0.3, -0.25) is 0 Å². The van der Waals surface area contributed by atoms with E-state index in [1.807, 2.05) is 0 Å². The van der Waals surface area contributed by atoms with Crippen LogP contribution in [-0.2, 0) is 23.9 Å². The smallest absolute Gasteiger partial charge is 0.493 e. The predicted octanol–water partition coefficient (Wildman–Crippen LogP) is 5.70. The SMILES string of the molecule is CCOc1cccc(OC(=O)OC)c1COc1cc(C)c(CC)cc1C(F)(F)F. The summed E-state index contributed by atoms with van der Waals surface area (Å²) in [6.07, 6.45) is -5.06. The van der Waals surface area contributed by atoms with E-state index in [4.69, 9.17) is 14.2 Å². The molecule has 0 amide bonds. The van der Waals surface area contributed by atoms with Crippen molar-refractivity contribution in [2.75, 3.05) is 13.7 Å². The van der Waals surface area contributed by atoms with Crippen LogP contribution in [-0.4, -0.2) is 19.9 Å². The molecule has 0 saturated heterocycles. The monoisotopic (exact) mass is 412 g/mol. The largest absolute Gasteiger partial charge is 0.513 e. The van der Waals surface area contributed by atoms with Crippen molar-refractivity contribution in [1.29, 1.82) is 0 Å². The molecule has 2 aromatic rings. The first-order chi connectivity index (χ1) is 13.7. The third-order valence-corrected chi connectivity index (χ3v) is 4.25. The lowest BCUT2D eigenvalue weighted by Gasteiger charge is -2.19. The molecule has 2 aromatic carbocycles. The van der Waals surface area contributed by atoms with Crippen LogP contribution in [0.25, 0.3) is 0 Å². The van der Waals surface area contributed by atoms with Gasteiger partial charge in [-0.1, -0.05) is 13.0 Å². The van der Waals surface area contributed by atoms with Crippen molar-refractivity contribution in [2.45, 2.75) is 40.0 Å². The normalized spacial score (nSPS) is 11.1. The van der Waals surface area contributed by atoms with Crippen molar-refractivity contribution >= 4 is 6.16 Å². The molecular formula is C21H23F3O5. The molecular weight excluding hydrogens is 389 g/mol. The highest BCUT2D eigenvalue weighted by Crippen LogP contribution is 2.39. The highest BCUT2D eigenvalue weighted by Gasteiger charge is 2.35. The van der Waals surface area contributed by atoms with Gasteiger partial charge in [0.2, 0.25) is 0 Å². The van der Waals surface area contributed by atoms with Crippen molar-refractivity contribution in [3.8, 4) is 17.2 Å². The van der Waals surface area contributed by atoms with E-state index < -0.39 is 17.9 Å². The van der Waals surface area contributed by atoms with E-state index in [1.165, 1.54) is 12.1 Å². The van der Waals surface area contributed by atoms with Crippen LogP contribution < -0.4 is 14.2 Å². The molecule has 0 unspecified atom stereocenters. The van der Waals surface area contributed by atoms with Gasteiger partial charge in [0.1, 0.15) is 23.9 Å². The van der Waals surface area contributed by atoms with E-state index in [-0.39, 0.29) is 18.1 Å². The fourth-order valence-corrected chi connectivity index (χ4v) is 2.80. The zero-order chi connectivity index (χ0) is 21.6. The van der Waals surface area contributed by atoms with Crippen LogP contribution in [0.15, 0.2) is 30.3 Å². The maximum Gasteiger partial charge on any atom is 0.513 e. The number of rotatable bonds is 7. The summed E-state index contributed by atoms with van der Waals surface area (Å²) in [5.74, 6) is 0.116. The van der Waals surface area contributed by atoms with E-state index in [0.29, 0.717) is 35.5 Å². The minimum Gasteiger partial charge on any atom is -0.493 e. The van der Waals surface area contributed by atoms with Crippen LogP contribution in [0.4, 0.5) is 18.0 Å². The van der Waals surface area contributed by atoms with Crippen LogP contribution >= 0.6 is 0 Å². The highest BCUT2D eigenvalue weighted by atomic mass is 19.4. The molecule has 0 fully saturated rings. The Labute approximate surface area is 167 Å². The predicted molar refractivity (Wildman–Crippen MR) is 101 cm³/mol. The Morgan fingerprint density at radius 3 is 2.31 bits per heavy atom. The Kier molecular flexibility index (Phi) is 7.36. The van der Waals surface area contributed by atoms with Crippen molar-refractivity contribution in [2.24, 2.45) is 0 Å². The summed E-state index contributed by atoms with van der Waals surface area (Å²) in [6.45, 7) is 5.29. The van der Waals surface area contributed by atoms with Crippen molar-refractivity contribution < 1.29 is 36.9 Å². The number of hydrogen-bond donors (Lipinski definition) is 0. The molecule has 0 N–H and O–H groups in total. The third kappa shape index (κ3) is 5.56. The summed E-state index contributed by atoms with van der Waals surface area (Å²) in [7, 11) is 1.15. The Morgan fingerprint density at radius 2 is 1.72 bits per heavy atom. The zero-order valence-electron chi connectivity index (χ0n) is 16.7. The van der Waals surface area contributed by atoms with Crippen molar-refractivity contribution in [1.82, 2.24) is 0 Å². The summed E-state index contributed by atoms with van der Waals surface area (Å²) in [6, 6.07) is 7.15. The maximum absolute atomic E-state index is 13.5. The first kappa shape index (κ1) is 22.4. The van der Waals surface area contributed by atoms with Crippen molar-refractivity contribution in [3.05, 3.63) is 52.6 Å². The van der Waals surface area contributed by atoms with Gasteiger partial charge in [0.25, 0.3) is 0 Å². The number of carbonyl (C=O) groups is 1. The minimum absolute atomic E-state index is 0.0817. The summed E-state index contributed by atoms with van der Waals surface area (Å²) >= 11 is 0. The van der Waals surface area contributed by atoms with Crippen molar-refractivity contribution in [3.63, 3.8) is 0 Å². The van der Waals surface area contributed by atoms with Gasteiger partial charge in [-0.15, -0.1) is 0 Å². The molecule has 0 saturated carbocycles. The Morgan fingerprint density at radius 1 is 1.03 bits per heavy atom. The summed E-state index contributed by atoms with van der Waals surface area (Å²) in [4.78, 5) is 11.5. The van der Waals surface area contributed by atoms with Gasteiger partial charge in [-0.2, -0.15) is 13.2 Å². The Bertz CT molecular complexity index is 862. The average Bonchev–Trinajstić information content (AvgIpc) is 2.66.